The lowest BCUT2D eigenvalue weighted by molar-refractivity contribution is -0.139. The van der Waals surface area contributed by atoms with E-state index in [0.29, 0.717) is 30.8 Å². The van der Waals surface area contributed by atoms with E-state index in [9.17, 15) is 14.4 Å². The lowest BCUT2D eigenvalue weighted by Gasteiger charge is -2.13. The molecule has 0 N–H and O–H groups in total. The summed E-state index contributed by atoms with van der Waals surface area (Å²) in [4.78, 5) is 36.3. The van der Waals surface area contributed by atoms with Gasteiger partial charge in [-0.3, -0.25) is 4.79 Å². The molecule has 0 bridgehead atoms. The number of benzene rings is 3. The van der Waals surface area contributed by atoms with Gasteiger partial charge in [-0.1, -0.05) is 56.0 Å². The Morgan fingerprint density at radius 1 is 0.833 bits per heavy atom. The molecule has 3 aromatic carbocycles. The summed E-state index contributed by atoms with van der Waals surface area (Å²) < 4.78 is 10.5. The summed E-state index contributed by atoms with van der Waals surface area (Å²) >= 11 is 0. The van der Waals surface area contributed by atoms with Crippen molar-refractivity contribution in [1.82, 2.24) is 0 Å². The van der Waals surface area contributed by atoms with Crippen molar-refractivity contribution in [1.29, 1.82) is 0 Å². The van der Waals surface area contributed by atoms with Crippen LogP contribution in [0.1, 0.15) is 72.2 Å². The van der Waals surface area contributed by atoms with Gasteiger partial charge in [0.2, 0.25) is 0 Å². The van der Waals surface area contributed by atoms with E-state index in [4.69, 9.17) is 9.47 Å². The van der Waals surface area contributed by atoms with E-state index in [1.807, 2.05) is 50.2 Å². The van der Waals surface area contributed by atoms with Gasteiger partial charge in [0.15, 0.2) is 5.78 Å². The number of ether oxygens (including phenoxy) is 2. The molecule has 5 nitrogen and oxygen atoms in total. The predicted molar refractivity (Wildman–Crippen MR) is 143 cm³/mol. The molecule has 0 spiro atoms. The number of hydrogen-bond donors (Lipinski definition) is 0. The second-order valence-electron chi connectivity index (χ2n) is 8.98. The minimum absolute atomic E-state index is 0.130. The molecule has 0 radical (unpaired) electrons. The number of carbonyl (C=O) groups is 3. The molecule has 0 aliphatic carbocycles. The molecule has 0 atom stereocenters. The summed E-state index contributed by atoms with van der Waals surface area (Å²) in [6.07, 6.45) is 3.78. The largest absolute Gasteiger partial charge is 0.462 e. The van der Waals surface area contributed by atoms with E-state index in [1.54, 1.807) is 19.1 Å². The Morgan fingerprint density at radius 3 is 2.14 bits per heavy atom. The third kappa shape index (κ3) is 6.69. The molecule has 0 saturated carbocycles. The first kappa shape index (κ1) is 26.9. The Balaban J connectivity index is 1.57. The molecule has 0 amide bonds. The van der Waals surface area contributed by atoms with E-state index in [2.05, 4.69) is 12.6 Å². The number of rotatable bonds is 12. The molecule has 0 heterocycles. The molecule has 3 aromatic rings. The van der Waals surface area contributed by atoms with E-state index < -0.39 is 0 Å². The first-order valence-electron chi connectivity index (χ1n) is 12.5. The molecule has 36 heavy (non-hydrogen) atoms. The lowest BCUT2D eigenvalue weighted by atomic mass is 9.91. The fourth-order valence-electron chi connectivity index (χ4n) is 4.14. The Labute approximate surface area is 213 Å². The van der Waals surface area contributed by atoms with Gasteiger partial charge < -0.3 is 9.47 Å². The quantitative estimate of drug-likeness (QED) is 0.117. The Bertz CT molecular complexity index is 1250. The fourth-order valence-corrected chi connectivity index (χ4v) is 4.14. The van der Waals surface area contributed by atoms with Crippen molar-refractivity contribution >= 4 is 28.5 Å². The lowest BCUT2D eigenvalue weighted by Crippen LogP contribution is -2.07. The molecule has 0 unspecified atom stereocenters. The average Bonchev–Trinajstić information content (AvgIpc) is 2.89. The van der Waals surface area contributed by atoms with Crippen molar-refractivity contribution < 1.29 is 23.9 Å². The van der Waals surface area contributed by atoms with Gasteiger partial charge in [-0.25, -0.2) is 9.59 Å². The predicted octanol–water partition coefficient (Wildman–Crippen LogP) is 7.24. The summed E-state index contributed by atoms with van der Waals surface area (Å²) in [6.45, 7) is 9.81. The topological polar surface area (TPSA) is 69.7 Å². The van der Waals surface area contributed by atoms with E-state index in [1.165, 1.54) is 0 Å². The van der Waals surface area contributed by atoms with Crippen molar-refractivity contribution in [3.8, 4) is 11.1 Å². The maximum atomic E-state index is 12.5. The van der Waals surface area contributed by atoms with E-state index >= 15 is 0 Å². The van der Waals surface area contributed by atoms with Gasteiger partial charge in [0.25, 0.3) is 0 Å². The third-order valence-electron chi connectivity index (χ3n) is 6.16. The zero-order valence-corrected chi connectivity index (χ0v) is 21.4. The van der Waals surface area contributed by atoms with Crippen LogP contribution in [0.5, 0.6) is 0 Å². The number of fused-ring (bicyclic) bond motifs is 1. The zero-order valence-electron chi connectivity index (χ0n) is 21.4. The summed E-state index contributed by atoms with van der Waals surface area (Å²) in [7, 11) is 0. The minimum Gasteiger partial charge on any atom is -0.462 e. The number of aryl methyl sites for hydroxylation is 1. The summed E-state index contributed by atoms with van der Waals surface area (Å²) in [5.74, 6) is -0.575. The monoisotopic (exact) mass is 486 g/mol. The van der Waals surface area contributed by atoms with Crippen LogP contribution in [-0.2, 0) is 14.3 Å². The summed E-state index contributed by atoms with van der Waals surface area (Å²) in [6, 6.07) is 17.3. The van der Waals surface area contributed by atoms with E-state index in [0.717, 1.165) is 58.7 Å². The molecule has 3 rings (SSSR count). The van der Waals surface area contributed by atoms with Crippen LogP contribution < -0.4 is 0 Å². The molecule has 0 aliphatic rings. The maximum absolute atomic E-state index is 12.5. The van der Waals surface area contributed by atoms with Crippen LogP contribution in [0.4, 0.5) is 0 Å². The van der Waals surface area contributed by atoms with Crippen LogP contribution in [0.2, 0.25) is 0 Å². The normalized spacial score (nSPS) is 10.8. The van der Waals surface area contributed by atoms with Crippen molar-refractivity contribution in [2.45, 2.75) is 52.9 Å². The van der Waals surface area contributed by atoms with Gasteiger partial charge in [-0.15, -0.1) is 0 Å². The molecule has 0 fully saturated rings. The van der Waals surface area contributed by atoms with Gasteiger partial charge in [0.05, 0.1) is 18.8 Å². The number of hydrogen-bond acceptors (Lipinski definition) is 5. The standard InChI is InChI=1S/C31H34O5/c1-5-28(32)27-12-10-11-26-25(18-13-22(4)29(26)27)23-14-16-24(17-15-23)31(34)36-20-9-7-6-8-19-35-30(33)21(2)3/h10-18H,2,5-9,19-20H2,1,3-4H3. The number of ketones is 1. The highest BCUT2D eigenvalue weighted by atomic mass is 16.5. The molecular weight excluding hydrogens is 452 g/mol. The minimum atomic E-state index is -0.359. The van der Waals surface area contributed by atoms with Gasteiger partial charge in [0.1, 0.15) is 0 Å². The number of esters is 2. The van der Waals surface area contributed by atoms with Crippen LogP contribution in [0.15, 0.2) is 66.7 Å². The Hall–Kier alpha value is -3.73. The number of unbranched alkanes of at least 4 members (excludes halogenated alkanes) is 3. The molecule has 0 saturated heterocycles. The van der Waals surface area contributed by atoms with E-state index in [-0.39, 0.29) is 17.7 Å². The summed E-state index contributed by atoms with van der Waals surface area (Å²) in [5.41, 5.74) is 4.73. The number of Topliss-reactive ketones (excluding diaryl/α,β-unsaturated/α-hetero) is 1. The molecule has 5 heteroatoms. The highest BCUT2D eigenvalue weighted by Crippen LogP contribution is 2.33. The van der Waals surface area contributed by atoms with Gasteiger partial charge in [-0.2, -0.15) is 0 Å². The van der Waals surface area contributed by atoms with Crippen LogP contribution in [0.3, 0.4) is 0 Å². The van der Waals surface area contributed by atoms with Crippen molar-refractivity contribution in [3.63, 3.8) is 0 Å². The van der Waals surface area contributed by atoms with Crippen LogP contribution >= 0.6 is 0 Å². The third-order valence-corrected chi connectivity index (χ3v) is 6.16. The van der Waals surface area contributed by atoms with Crippen molar-refractivity contribution in [3.05, 3.63) is 83.4 Å². The average molecular weight is 487 g/mol. The first-order chi connectivity index (χ1) is 17.3. The highest BCUT2D eigenvalue weighted by molar-refractivity contribution is 6.12. The maximum Gasteiger partial charge on any atom is 0.338 e. The van der Waals surface area contributed by atoms with Gasteiger partial charge in [0, 0.05) is 17.6 Å². The Kier molecular flexibility index (Phi) is 9.57. The second kappa shape index (κ2) is 12.8. The smallest absolute Gasteiger partial charge is 0.338 e. The Morgan fingerprint density at radius 2 is 1.50 bits per heavy atom. The summed E-state index contributed by atoms with van der Waals surface area (Å²) in [5, 5.41) is 2.01. The molecule has 188 valence electrons. The van der Waals surface area contributed by atoms with Gasteiger partial charge in [-0.05, 0) is 79.1 Å². The van der Waals surface area contributed by atoms with Gasteiger partial charge >= 0.3 is 11.9 Å². The number of carbonyl (C=O) groups excluding carboxylic acids is 3. The van der Waals surface area contributed by atoms with Crippen LogP contribution in [0.25, 0.3) is 21.9 Å². The fraction of sp³-hybridized carbons (Fsp3) is 0.323. The van der Waals surface area contributed by atoms with Crippen LogP contribution in [-0.4, -0.2) is 30.9 Å². The molecule has 0 aromatic heterocycles. The molecule has 0 aliphatic heterocycles. The van der Waals surface area contributed by atoms with Crippen molar-refractivity contribution in [2.24, 2.45) is 0 Å². The molecular formula is C31H34O5. The second-order valence-corrected chi connectivity index (χ2v) is 8.98. The zero-order chi connectivity index (χ0) is 26.1. The first-order valence-corrected chi connectivity index (χ1v) is 12.5. The SMILES string of the molecule is C=C(C)C(=O)OCCCCCCOC(=O)c1ccc(-c2ccc(C)c3c(C(=O)CC)cccc23)cc1. The van der Waals surface area contributed by atoms with Crippen molar-refractivity contribution in [2.75, 3.05) is 13.2 Å². The highest BCUT2D eigenvalue weighted by Gasteiger charge is 2.14. The van der Waals surface area contributed by atoms with Crippen LogP contribution in [0, 0.1) is 6.92 Å².